The third kappa shape index (κ3) is 30.9. The Morgan fingerprint density at radius 2 is 1.00 bits per heavy atom. The van der Waals surface area contributed by atoms with Gasteiger partial charge in [0, 0.05) is 100 Å². The van der Waals surface area contributed by atoms with E-state index in [1.165, 1.54) is 30.1 Å². The summed E-state index contributed by atoms with van der Waals surface area (Å²) in [5, 5.41) is 43.5. The van der Waals surface area contributed by atoms with Gasteiger partial charge in [-0.05, 0) is 42.8 Å². The fourth-order valence-electron chi connectivity index (χ4n) is 8.81. The molecule has 1 fully saturated rings. The molecule has 2 heterocycles. The summed E-state index contributed by atoms with van der Waals surface area (Å²) in [6.07, 6.45) is -3.85. The summed E-state index contributed by atoms with van der Waals surface area (Å²) in [5.41, 5.74) is -0.130. The number of aliphatic carboxylic acids is 3. The second kappa shape index (κ2) is 43.1. The molecule has 0 unspecified atom stereocenters. The number of carboxylic acid groups (broad SMARTS) is 3. The number of ether oxygens (including phenoxy) is 9. The van der Waals surface area contributed by atoms with Gasteiger partial charge in [0.15, 0.2) is 0 Å². The summed E-state index contributed by atoms with van der Waals surface area (Å²) in [4.78, 5) is 85.4. The maximum absolute atomic E-state index is 13.8. The molecule has 0 saturated carbocycles. The lowest BCUT2D eigenvalue weighted by Gasteiger charge is -2.32. The van der Waals surface area contributed by atoms with Crippen LogP contribution in [-0.4, -0.2) is 287 Å². The summed E-state index contributed by atoms with van der Waals surface area (Å²) in [5.74, 6) is -3.80. The number of alkyl halides is 3. The normalized spacial score (nSPS) is 14.1. The summed E-state index contributed by atoms with van der Waals surface area (Å²) < 4.78 is 90.0. The molecule has 90 heavy (non-hydrogen) atoms. The SMILES string of the molecule is Cc1cccc(OCCC(=O)NCCOCCOCCOCCOCCOCCOCCOCCOCCNC(=O)CN2CCN(CC(=O)O)CCN(CC(=O)O)CCN(CC(=O)O)CC2)c1N(C)C(=O)c1ccc(Cl)c(-c2cnc(C(F)(F)F)cc2C#N)c1. The smallest absolute Gasteiger partial charge is 0.433 e. The van der Waals surface area contributed by atoms with Gasteiger partial charge in [-0.1, -0.05) is 23.7 Å². The molecule has 1 aliphatic rings. The molecule has 3 aromatic rings. The zero-order valence-electron chi connectivity index (χ0n) is 50.9. The van der Waals surface area contributed by atoms with E-state index in [2.05, 4.69) is 15.6 Å². The van der Waals surface area contributed by atoms with Gasteiger partial charge in [-0.25, -0.2) is 0 Å². The molecule has 5 N–H and O–H groups in total. The topological polar surface area (TPSA) is 323 Å². The number of para-hydroxylation sites is 1. The van der Waals surface area contributed by atoms with E-state index < -0.39 is 35.7 Å². The molecule has 1 saturated heterocycles. The van der Waals surface area contributed by atoms with Gasteiger partial charge >= 0.3 is 24.1 Å². The Balaban J connectivity index is 0.925. The van der Waals surface area contributed by atoms with Gasteiger partial charge in [-0.15, -0.1) is 0 Å². The molecule has 2 aromatic carbocycles. The van der Waals surface area contributed by atoms with E-state index in [0.717, 1.165) is 6.20 Å². The predicted molar refractivity (Wildman–Crippen MR) is 320 cm³/mol. The maximum Gasteiger partial charge on any atom is 0.433 e. The van der Waals surface area contributed by atoms with Gasteiger partial charge < -0.3 is 73.5 Å². The number of nitrogens with zero attached hydrogens (tertiary/aromatic N) is 7. The molecule has 0 bridgehead atoms. The molecule has 0 aliphatic carbocycles. The van der Waals surface area contributed by atoms with Crippen molar-refractivity contribution in [2.24, 2.45) is 0 Å². The highest BCUT2D eigenvalue weighted by Crippen LogP contribution is 2.36. The summed E-state index contributed by atoms with van der Waals surface area (Å²) >= 11 is 6.40. The van der Waals surface area contributed by atoms with Crippen molar-refractivity contribution in [1.29, 1.82) is 5.26 Å². The predicted octanol–water partition coefficient (Wildman–Crippen LogP) is 2.49. The lowest BCUT2D eigenvalue weighted by molar-refractivity contribution is -0.141. The zero-order chi connectivity index (χ0) is 65.5. The number of aryl methyl sites for hydroxylation is 1. The number of aromatic nitrogens is 1. The van der Waals surface area contributed by atoms with E-state index in [0.29, 0.717) is 142 Å². The lowest BCUT2D eigenvalue weighted by atomic mass is 9.99. The van der Waals surface area contributed by atoms with Gasteiger partial charge in [0.05, 0.1) is 162 Å². The fourth-order valence-corrected chi connectivity index (χ4v) is 9.03. The van der Waals surface area contributed by atoms with Gasteiger partial charge in [0.2, 0.25) is 11.8 Å². The molecule has 3 amide bonds. The molecule has 0 radical (unpaired) electrons. The fraction of sp³-hybridized carbons (Fsp3) is 0.593. The average Bonchev–Trinajstić information content (AvgIpc) is 0.873. The highest BCUT2D eigenvalue weighted by Gasteiger charge is 2.33. The Bertz CT molecular complexity index is 2700. The van der Waals surface area contributed by atoms with Gasteiger partial charge in [0.1, 0.15) is 11.4 Å². The van der Waals surface area contributed by atoms with Crippen molar-refractivity contribution in [1.82, 2.24) is 35.2 Å². The number of nitriles is 1. The van der Waals surface area contributed by atoms with Crippen molar-refractivity contribution in [2.45, 2.75) is 19.5 Å². The third-order valence-electron chi connectivity index (χ3n) is 13.4. The minimum absolute atomic E-state index is 0.00352. The minimum Gasteiger partial charge on any atom is -0.491 e. The summed E-state index contributed by atoms with van der Waals surface area (Å²) in [7, 11) is 1.53. The Morgan fingerprint density at radius 1 is 0.589 bits per heavy atom. The van der Waals surface area contributed by atoms with E-state index >= 15 is 0 Å². The highest BCUT2D eigenvalue weighted by molar-refractivity contribution is 6.33. The number of carbonyl (C=O) groups excluding carboxylic acids is 3. The molecule has 27 nitrogen and oxygen atoms in total. The van der Waals surface area contributed by atoms with Gasteiger partial charge in [0.25, 0.3) is 5.91 Å². The van der Waals surface area contributed by atoms with Crippen molar-refractivity contribution in [3.63, 3.8) is 0 Å². The van der Waals surface area contributed by atoms with Crippen molar-refractivity contribution in [3.05, 3.63) is 76.1 Å². The van der Waals surface area contributed by atoms with Crippen LogP contribution in [0.3, 0.4) is 0 Å². The van der Waals surface area contributed by atoms with E-state index in [1.807, 2.05) is 4.90 Å². The van der Waals surface area contributed by atoms with Crippen LogP contribution in [0.5, 0.6) is 5.75 Å². The molecule has 4 rings (SSSR count). The van der Waals surface area contributed by atoms with E-state index in [1.54, 1.807) is 45.9 Å². The molecule has 500 valence electrons. The van der Waals surface area contributed by atoms with Gasteiger partial charge in [-0.2, -0.15) is 18.4 Å². The molecule has 1 aromatic heterocycles. The van der Waals surface area contributed by atoms with Crippen molar-refractivity contribution in [3.8, 4) is 22.9 Å². The van der Waals surface area contributed by atoms with Crippen LogP contribution in [0.25, 0.3) is 11.1 Å². The van der Waals surface area contributed by atoms with Crippen LogP contribution in [0, 0.1) is 18.3 Å². The number of rotatable bonds is 42. The first-order valence-corrected chi connectivity index (χ1v) is 29.6. The van der Waals surface area contributed by atoms with Crippen LogP contribution in [0.1, 0.15) is 33.6 Å². The second-order valence-corrected chi connectivity index (χ2v) is 20.6. The minimum atomic E-state index is -4.76. The second-order valence-electron chi connectivity index (χ2n) is 20.2. The standard InChI is InChI=1S/C59H83ClF3N9O18/c1-44-4-3-5-50(57(44)68(2)58(81)45-6-7-49(60)47(36-45)48-39-67-51(59(61,62)63)37-46(48)38-64)90-19-8-52(73)65-9-20-82-22-24-84-26-28-86-30-32-88-34-35-89-33-31-87-29-27-85-25-23-83-21-10-66-53(74)40-69-11-13-70(41-54(75)76)15-17-72(43-56(79)80)18-16-71(14-12-69)42-55(77)78/h3-7,36-37,39H,8-35,40-43H2,1-2H3,(H,65,73)(H,66,74)(H,75,76)(H,77,78)(H,79,80). The van der Waals surface area contributed by atoms with Crippen molar-refractivity contribution in [2.75, 3.05) is 216 Å². The number of hydrogen-bond donors (Lipinski definition) is 5. The zero-order valence-corrected chi connectivity index (χ0v) is 51.6. The number of benzene rings is 2. The van der Waals surface area contributed by atoms with Crippen LogP contribution in [-0.2, 0) is 68.0 Å². The van der Waals surface area contributed by atoms with Crippen LogP contribution in [0.15, 0.2) is 48.7 Å². The summed E-state index contributed by atoms with van der Waals surface area (Å²) in [6.45, 7) is 9.52. The number of halogens is 4. The maximum atomic E-state index is 13.8. The molecular weight excluding hydrogens is 1220 g/mol. The van der Waals surface area contributed by atoms with E-state index in [9.17, 15) is 62.5 Å². The molecule has 31 heteroatoms. The first kappa shape index (κ1) is 75.8. The third-order valence-corrected chi connectivity index (χ3v) is 13.7. The number of hydrogen-bond acceptors (Lipinski definition) is 21. The summed E-state index contributed by atoms with van der Waals surface area (Å²) in [6, 6.07) is 11.8. The quantitative estimate of drug-likeness (QED) is 0.0509. The van der Waals surface area contributed by atoms with Gasteiger partial charge in [-0.3, -0.25) is 53.4 Å². The number of anilines is 1. The van der Waals surface area contributed by atoms with Crippen LogP contribution in [0.2, 0.25) is 5.02 Å². The monoisotopic (exact) mass is 1300 g/mol. The van der Waals surface area contributed by atoms with Crippen LogP contribution in [0.4, 0.5) is 18.9 Å². The first-order chi connectivity index (χ1) is 43.2. The van der Waals surface area contributed by atoms with Crippen molar-refractivity contribution < 1.29 is 99.9 Å². The van der Waals surface area contributed by atoms with E-state index in [4.69, 9.17) is 54.2 Å². The molecule has 1 aliphatic heterocycles. The van der Waals surface area contributed by atoms with Crippen LogP contribution >= 0.6 is 11.6 Å². The molecule has 0 spiro atoms. The Labute approximate surface area is 526 Å². The first-order valence-electron chi connectivity index (χ1n) is 29.2. The Kier molecular flexibility index (Phi) is 36.3. The number of nitrogens with one attached hydrogen (secondary N) is 2. The largest absolute Gasteiger partial charge is 0.491 e. The van der Waals surface area contributed by atoms with Crippen LogP contribution < -0.4 is 20.3 Å². The Morgan fingerprint density at radius 3 is 1.41 bits per heavy atom. The Hall–Kier alpha value is -6.70. The number of pyridine rings is 1. The lowest BCUT2D eigenvalue weighted by Crippen LogP contribution is -2.50. The average molecular weight is 1300 g/mol. The van der Waals surface area contributed by atoms with E-state index in [-0.39, 0.29) is 131 Å². The van der Waals surface area contributed by atoms with Crippen molar-refractivity contribution >= 4 is 52.9 Å². The number of carbonyl (C=O) groups is 6. The number of carboxylic acids is 3. The highest BCUT2D eigenvalue weighted by atomic mass is 35.5. The molecular formula is C59H83ClF3N9O18. The molecule has 0 atom stereocenters. The number of amides is 3.